The molecule has 0 unspecified atom stereocenters. The molecule has 124 valence electrons. The molecule has 0 spiro atoms. The van der Waals surface area contributed by atoms with Gasteiger partial charge in [-0.25, -0.2) is 4.98 Å². The number of aromatic nitrogens is 2. The molecule has 0 aliphatic heterocycles. The van der Waals surface area contributed by atoms with Gasteiger partial charge in [0, 0.05) is 28.8 Å². The van der Waals surface area contributed by atoms with E-state index in [1.165, 1.54) is 10.9 Å². The van der Waals surface area contributed by atoms with E-state index in [9.17, 15) is 0 Å². The first kappa shape index (κ1) is 16.4. The maximum Gasteiger partial charge on any atom is 0.190 e. The van der Waals surface area contributed by atoms with Crippen LogP contribution < -0.4 is 10.6 Å². The molecule has 0 saturated heterocycles. The summed E-state index contributed by atoms with van der Waals surface area (Å²) in [5, 5.41) is 10.1. The molecule has 0 atom stereocenters. The smallest absolute Gasteiger partial charge is 0.190 e. The third-order valence-corrected chi connectivity index (χ3v) is 5.45. The van der Waals surface area contributed by atoms with Crippen molar-refractivity contribution in [1.82, 2.24) is 15.3 Å². The lowest BCUT2D eigenvalue weighted by Crippen LogP contribution is -2.27. The molecule has 4 aromatic rings. The Balaban J connectivity index is 1.46. The molecular weight excluding hydrogens is 416 g/mol. The number of benzene rings is 2. The van der Waals surface area contributed by atoms with Gasteiger partial charge in [-0.2, -0.15) is 0 Å². The molecule has 4 nitrogen and oxygen atoms in total. The van der Waals surface area contributed by atoms with Gasteiger partial charge in [-0.3, -0.25) is 4.98 Å². The highest BCUT2D eigenvalue weighted by Gasteiger charge is 2.07. The van der Waals surface area contributed by atoms with Crippen molar-refractivity contribution in [2.24, 2.45) is 0 Å². The van der Waals surface area contributed by atoms with E-state index in [0.29, 0.717) is 11.7 Å². The zero-order valence-corrected chi connectivity index (χ0v) is 16.2. The molecule has 4 rings (SSSR count). The topological polar surface area (TPSA) is 49.8 Å². The summed E-state index contributed by atoms with van der Waals surface area (Å²) < 4.78 is 2.16. The van der Waals surface area contributed by atoms with Gasteiger partial charge in [0.05, 0.1) is 10.2 Å². The molecule has 2 heterocycles. The average molecular weight is 429 g/mol. The third kappa shape index (κ3) is 3.63. The Hall–Kier alpha value is -2.09. The first-order valence-corrected chi connectivity index (χ1v) is 9.63. The zero-order chi connectivity index (χ0) is 17.2. The Morgan fingerprint density at radius 3 is 3.04 bits per heavy atom. The van der Waals surface area contributed by atoms with Crippen LogP contribution in [-0.4, -0.2) is 15.1 Å². The van der Waals surface area contributed by atoms with Gasteiger partial charge in [0.1, 0.15) is 0 Å². The van der Waals surface area contributed by atoms with Gasteiger partial charge >= 0.3 is 0 Å². The summed E-state index contributed by atoms with van der Waals surface area (Å²) in [7, 11) is 0. The highest BCUT2D eigenvalue weighted by atomic mass is 79.9. The predicted octanol–water partition coefficient (Wildman–Crippen LogP) is 5.09. The van der Waals surface area contributed by atoms with Crippen molar-refractivity contribution in [3.63, 3.8) is 0 Å². The van der Waals surface area contributed by atoms with E-state index in [1.807, 2.05) is 36.7 Å². The lowest BCUT2D eigenvalue weighted by molar-refractivity contribution is 0.934. The Kier molecular flexibility index (Phi) is 4.61. The number of thiocarbonyl (C=S) groups is 1. The van der Waals surface area contributed by atoms with Crippen molar-refractivity contribution < 1.29 is 0 Å². The number of nitrogens with zero attached hydrogens (tertiary/aromatic N) is 2. The molecule has 0 aliphatic carbocycles. The van der Waals surface area contributed by atoms with Crippen molar-refractivity contribution in [3.8, 4) is 0 Å². The van der Waals surface area contributed by atoms with Crippen molar-refractivity contribution >= 4 is 70.7 Å². The van der Waals surface area contributed by atoms with Gasteiger partial charge in [-0.15, -0.1) is 0 Å². The lowest BCUT2D eigenvalue weighted by Gasteiger charge is -2.10. The van der Waals surface area contributed by atoms with Gasteiger partial charge in [0.25, 0.3) is 0 Å². The molecule has 0 aliphatic rings. The predicted molar refractivity (Wildman–Crippen MR) is 112 cm³/mol. The van der Waals surface area contributed by atoms with E-state index in [1.54, 1.807) is 11.3 Å². The number of pyridine rings is 1. The van der Waals surface area contributed by atoms with Gasteiger partial charge < -0.3 is 10.6 Å². The fourth-order valence-corrected chi connectivity index (χ4v) is 4.27. The summed E-state index contributed by atoms with van der Waals surface area (Å²) in [5.74, 6) is 0. The molecule has 0 saturated carbocycles. The summed E-state index contributed by atoms with van der Waals surface area (Å²) in [5.41, 5.74) is 2.14. The molecule has 25 heavy (non-hydrogen) atoms. The first-order valence-electron chi connectivity index (χ1n) is 7.61. The minimum absolute atomic E-state index is 0.559. The second-order valence-electron chi connectivity index (χ2n) is 5.45. The third-order valence-electron chi connectivity index (χ3n) is 3.78. The van der Waals surface area contributed by atoms with Crippen molar-refractivity contribution in [1.29, 1.82) is 0 Å². The van der Waals surface area contributed by atoms with Crippen LogP contribution in [0.5, 0.6) is 0 Å². The first-order chi connectivity index (χ1) is 12.2. The number of fused-ring (bicyclic) bond motifs is 2. The molecule has 7 heteroatoms. The molecule has 2 aromatic carbocycles. The van der Waals surface area contributed by atoms with Gasteiger partial charge in [0.2, 0.25) is 0 Å². The van der Waals surface area contributed by atoms with E-state index in [2.05, 4.69) is 54.7 Å². The largest absolute Gasteiger partial charge is 0.358 e. The molecule has 0 amide bonds. The minimum atomic E-state index is 0.559. The van der Waals surface area contributed by atoms with Crippen LogP contribution in [0.1, 0.15) is 5.56 Å². The van der Waals surface area contributed by atoms with Gasteiger partial charge in [0.15, 0.2) is 10.2 Å². The number of hydrogen-bond donors (Lipinski definition) is 2. The van der Waals surface area contributed by atoms with Crippen LogP contribution in [0, 0.1) is 0 Å². The molecule has 2 N–H and O–H groups in total. The number of halogens is 1. The zero-order valence-electron chi connectivity index (χ0n) is 13.0. The summed E-state index contributed by atoms with van der Waals surface area (Å²) >= 11 is 10.5. The second kappa shape index (κ2) is 7.03. The normalized spacial score (nSPS) is 10.9. The monoisotopic (exact) mass is 428 g/mol. The number of anilines is 1. The summed E-state index contributed by atoms with van der Waals surface area (Å²) in [6.07, 6.45) is 3.68. The van der Waals surface area contributed by atoms with Crippen molar-refractivity contribution in [2.45, 2.75) is 6.54 Å². The molecule has 0 radical (unpaired) electrons. The highest BCUT2D eigenvalue weighted by Crippen LogP contribution is 2.28. The standard InChI is InChI=1S/C18H13BrN4S2/c19-13-4-5-15-16(8-13)25-18(22-15)23-17(24)21-10-12-3-1-2-11-9-20-7-6-14(11)12/h1-9H,10H2,(H2,21,22,23,24). The van der Waals surface area contributed by atoms with Gasteiger partial charge in [-0.1, -0.05) is 45.5 Å². The number of hydrogen-bond acceptors (Lipinski definition) is 4. The van der Waals surface area contributed by atoms with Crippen molar-refractivity contribution in [2.75, 3.05) is 5.32 Å². The Morgan fingerprint density at radius 1 is 1.20 bits per heavy atom. The molecule has 0 fully saturated rings. The minimum Gasteiger partial charge on any atom is -0.358 e. The maximum atomic E-state index is 5.41. The van der Waals surface area contributed by atoms with E-state index in [4.69, 9.17) is 12.2 Å². The van der Waals surface area contributed by atoms with Crippen LogP contribution >= 0.6 is 39.5 Å². The van der Waals surface area contributed by atoms with Crippen LogP contribution in [0.3, 0.4) is 0 Å². The van der Waals surface area contributed by atoms with Crippen LogP contribution in [0.25, 0.3) is 21.0 Å². The average Bonchev–Trinajstić information content (AvgIpc) is 3.01. The van der Waals surface area contributed by atoms with E-state index >= 15 is 0 Å². The van der Waals surface area contributed by atoms with Crippen LogP contribution in [0.2, 0.25) is 0 Å². The van der Waals surface area contributed by atoms with Crippen LogP contribution in [0.15, 0.2) is 59.3 Å². The quantitative estimate of drug-likeness (QED) is 0.444. The fraction of sp³-hybridized carbons (Fsp3) is 0.0556. The van der Waals surface area contributed by atoms with E-state index < -0.39 is 0 Å². The summed E-state index contributed by atoms with van der Waals surface area (Å²) in [4.78, 5) is 8.71. The second-order valence-corrected chi connectivity index (χ2v) is 7.81. The number of thiazole rings is 1. The highest BCUT2D eigenvalue weighted by molar-refractivity contribution is 9.10. The lowest BCUT2D eigenvalue weighted by atomic mass is 10.1. The summed E-state index contributed by atoms with van der Waals surface area (Å²) in [6.45, 7) is 0.642. The Labute approximate surface area is 162 Å². The SMILES string of the molecule is S=C(NCc1cccc2cnccc12)Nc1nc2ccc(Br)cc2s1. The Bertz CT molecular complexity index is 1070. The molecule has 0 bridgehead atoms. The molecular formula is C18H13BrN4S2. The van der Waals surface area contributed by atoms with E-state index in [0.717, 1.165) is 25.2 Å². The number of rotatable bonds is 3. The van der Waals surface area contributed by atoms with Gasteiger partial charge in [-0.05, 0) is 47.4 Å². The van der Waals surface area contributed by atoms with Crippen LogP contribution in [0.4, 0.5) is 5.13 Å². The van der Waals surface area contributed by atoms with Crippen LogP contribution in [-0.2, 0) is 6.54 Å². The number of nitrogens with one attached hydrogen (secondary N) is 2. The fourth-order valence-electron chi connectivity index (χ4n) is 2.61. The van der Waals surface area contributed by atoms with Crippen molar-refractivity contribution in [3.05, 3.63) is 64.9 Å². The maximum absolute atomic E-state index is 5.41. The summed E-state index contributed by atoms with van der Waals surface area (Å²) in [6, 6.07) is 14.2. The Morgan fingerprint density at radius 2 is 2.12 bits per heavy atom. The molecule has 2 aromatic heterocycles. The van der Waals surface area contributed by atoms with E-state index in [-0.39, 0.29) is 0 Å².